The van der Waals surface area contributed by atoms with E-state index in [1.54, 1.807) is 19.9 Å². The summed E-state index contributed by atoms with van der Waals surface area (Å²) in [6, 6.07) is 10.0. The van der Waals surface area contributed by atoms with E-state index in [1.165, 1.54) is 5.56 Å². The van der Waals surface area contributed by atoms with Crippen molar-refractivity contribution < 1.29 is 9.53 Å². The van der Waals surface area contributed by atoms with Gasteiger partial charge in [-0.1, -0.05) is 29.8 Å². The van der Waals surface area contributed by atoms with Crippen LogP contribution in [0.1, 0.15) is 39.7 Å². The summed E-state index contributed by atoms with van der Waals surface area (Å²) in [5.41, 5.74) is 10.2. The van der Waals surface area contributed by atoms with Crippen molar-refractivity contribution in [1.29, 1.82) is 0 Å². The van der Waals surface area contributed by atoms with Crippen LogP contribution in [0.5, 0.6) is 0 Å². The zero-order valence-corrected chi connectivity index (χ0v) is 12.6. The summed E-state index contributed by atoms with van der Waals surface area (Å²) in [6.45, 7) is 5.93. The number of carbonyl (C=O) groups is 1. The summed E-state index contributed by atoms with van der Waals surface area (Å²) in [5, 5.41) is 0. The van der Waals surface area contributed by atoms with Crippen LogP contribution in [0.4, 0.5) is 5.82 Å². The number of hydrogen-bond donors (Lipinski definition) is 1. The Labute approximate surface area is 125 Å². The Morgan fingerprint density at radius 1 is 1.24 bits per heavy atom. The molecule has 0 saturated carbocycles. The third-order valence-electron chi connectivity index (χ3n) is 3.34. The Hall–Kier alpha value is -2.36. The summed E-state index contributed by atoms with van der Waals surface area (Å²) in [5.74, 6) is 0.105. The number of rotatable bonds is 4. The van der Waals surface area contributed by atoms with Gasteiger partial charge in [-0.25, -0.2) is 9.78 Å². The van der Waals surface area contributed by atoms with Crippen LogP contribution in [0.15, 0.2) is 30.3 Å². The summed E-state index contributed by atoms with van der Waals surface area (Å²) in [6.07, 6.45) is 0.645. The van der Waals surface area contributed by atoms with Crippen LogP contribution in [0.25, 0.3) is 0 Å². The molecule has 0 aliphatic rings. The van der Waals surface area contributed by atoms with E-state index in [4.69, 9.17) is 10.5 Å². The van der Waals surface area contributed by atoms with Gasteiger partial charge >= 0.3 is 5.97 Å². The number of aryl methyl sites for hydroxylation is 2. The maximum absolute atomic E-state index is 11.9. The van der Waals surface area contributed by atoms with E-state index in [9.17, 15) is 4.79 Å². The van der Waals surface area contributed by atoms with Gasteiger partial charge in [-0.05, 0) is 38.0 Å². The molecular formula is C17H20N2O2. The monoisotopic (exact) mass is 284 g/mol. The number of aromatic nitrogens is 1. The molecule has 0 radical (unpaired) electrons. The number of carbonyl (C=O) groups excluding carboxylic acids is 1. The number of nitrogens with two attached hydrogens (primary N) is 1. The number of hydrogen-bond acceptors (Lipinski definition) is 4. The van der Waals surface area contributed by atoms with E-state index in [-0.39, 0.29) is 5.97 Å². The molecule has 0 unspecified atom stereocenters. The molecule has 0 saturated heterocycles. The lowest BCUT2D eigenvalue weighted by molar-refractivity contribution is 0.0525. The van der Waals surface area contributed by atoms with Gasteiger partial charge in [0.1, 0.15) is 5.82 Å². The first-order chi connectivity index (χ1) is 10.0. The van der Waals surface area contributed by atoms with Crippen LogP contribution in [0, 0.1) is 13.8 Å². The predicted octanol–water partition coefficient (Wildman–Crippen LogP) is 3.05. The van der Waals surface area contributed by atoms with Crippen molar-refractivity contribution in [2.24, 2.45) is 0 Å². The molecular weight excluding hydrogens is 264 g/mol. The van der Waals surface area contributed by atoms with Gasteiger partial charge in [-0.3, -0.25) is 0 Å². The second-order valence-corrected chi connectivity index (χ2v) is 5.05. The fraction of sp³-hybridized carbons (Fsp3) is 0.294. The van der Waals surface area contributed by atoms with Gasteiger partial charge in [0.05, 0.1) is 17.9 Å². The molecule has 0 bridgehead atoms. The van der Waals surface area contributed by atoms with Crippen LogP contribution in [0.2, 0.25) is 0 Å². The van der Waals surface area contributed by atoms with E-state index < -0.39 is 0 Å². The first-order valence-electron chi connectivity index (χ1n) is 7.00. The Morgan fingerprint density at radius 2 is 1.90 bits per heavy atom. The number of esters is 1. The summed E-state index contributed by atoms with van der Waals surface area (Å²) in [4.78, 5) is 16.2. The molecule has 4 nitrogen and oxygen atoms in total. The second kappa shape index (κ2) is 6.39. The minimum atomic E-state index is -0.354. The summed E-state index contributed by atoms with van der Waals surface area (Å²) < 4.78 is 5.05. The Kier molecular flexibility index (Phi) is 4.58. The van der Waals surface area contributed by atoms with Crippen LogP contribution in [-0.4, -0.2) is 17.6 Å². The van der Waals surface area contributed by atoms with E-state index in [1.807, 2.05) is 6.92 Å². The quantitative estimate of drug-likeness (QED) is 0.876. The second-order valence-electron chi connectivity index (χ2n) is 5.05. The molecule has 0 spiro atoms. The fourth-order valence-corrected chi connectivity index (χ4v) is 2.15. The Bertz CT molecular complexity index is 649. The maximum atomic E-state index is 11.9. The van der Waals surface area contributed by atoms with E-state index >= 15 is 0 Å². The zero-order valence-electron chi connectivity index (χ0n) is 12.6. The maximum Gasteiger partial charge on any atom is 0.339 e. The average Bonchev–Trinajstić information content (AvgIpc) is 2.44. The standard InChI is InChI=1S/C17H20N2O2/c1-4-21-17(20)15-10-14(16(18)19-12(15)3)9-13-7-5-11(2)6-8-13/h5-8,10H,4,9H2,1-3H3,(H2,18,19). The van der Waals surface area contributed by atoms with Gasteiger partial charge in [0, 0.05) is 6.42 Å². The van der Waals surface area contributed by atoms with Gasteiger partial charge in [0.25, 0.3) is 0 Å². The van der Waals surface area contributed by atoms with Crippen LogP contribution in [0.3, 0.4) is 0 Å². The third kappa shape index (κ3) is 3.60. The topological polar surface area (TPSA) is 65.2 Å². The molecule has 2 rings (SSSR count). The number of pyridine rings is 1. The molecule has 0 aliphatic carbocycles. The van der Waals surface area contributed by atoms with Crippen molar-refractivity contribution in [2.45, 2.75) is 27.2 Å². The lowest BCUT2D eigenvalue weighted by Gasteiger charge is -2.11. The van der Waals surface area contributed by atoms with E-state index in [0.29, 0.717) is 30.1 Å². The molecule has 2 aromatic rings. The molecule has 0 fully saturated rings. The smallest absolute Gasteiger partial charge is 0.339 e. The highest BCUT2D eigenvalue weighted by Crippen LogP contribution is 2.19. The van der Waals surface area contributed by atoms with Crippen LogP contribution >= 0.6 is 0 Å². The van der Waals surface area contributed by atoms with Crippen molar-refractivity contribution in [1.82, 2.24) is 4.98 Å². The van der Waals surface area contributed by atoms with Crippen molar-refractivity contribution >= 4 is 11.8 Å². The van der Waals surface area contributed by atoms with Crippen molar-refractivity contribution in [3.05, 3.63) is 58.3 Å². The van der Waals surface area contributed by atoms with Gasteiger partial charge in [-0.15, -0.1) is 0 Å². The van der Waals surface area contributed by atoms with Gasteiger partial charge < -0.3 is 10.5 Å². The SMILES string of the molecule is CCOC(=O)c1cc(Cc2ccc(C)cc2)c(N)nc1C. The zero-order chi connectivity index (χ0) is 15.4. The molecule has 2 N–H and O–H groups in total. The number of nitrogen functional groups attached to an aromatic ring is 1. The number of benzene rings is 1. The van der Waals surface area contributed by atoms with Crippen LogP contribution in [-0.2, 0) is 11.2 Å². The van der Waals surface area contributed by atoms with Gasteiger partial charge in [0.2, 0.25) is 0 Å². The lowest BCUT2D eigenvalue weighted by Crippen LogP contribution is -2.11. The molecule has 110 valence electrons. The van der Waals surface area contributed by atoms with Gasteiger partial charge in [-0.2, -0.15) is 0 Å². The molecule has 1 heterocycles. The molecule has 21 heavy (non-hydrogen) atoms. The molecule has 0 amide bonds. The normalized spacial score (nSPS) is 10.4. The number of anilines is 1. The van der Waals surface area contributed by atoms with Crippen LogP contribution < -0.4 is 5.73 Å². The number of ether oxygens (including phenoxy) is 1. The minimum absolute atomic E-state index is 0.343. The lowest BCUT2D eigenvalue weighted by atomic mass is 10.0. The summed E-state index contributed by atoms with van der Waals surface area (Å²) >= 11 is 0. The summed E-state index contributed by atoms with van der Waals surface area (Å²) in [7, 11) is 0. The highest BCUT2D eigenvalue weighted by Gasteiger charge is 2.14. The van der Waals surface area contributed by atoms with E-state index in [0.717, 1.165) is 11.1 Å². The third-order valence-corrected chi connectivity index (χ3v) is 3.34. The molecule has 0 aliphatic heterocycles. The van der Waals surface area contributed by atoms with Gasteiger partial charge in [0.15, 0.2) is 0 Å². The van der Waals surface area contributed by atoms with Crippen molar-refractivity contribution in [2.75, 3.05) is 12.3 Å². The first kappa shape index (κ1) is 15.0. The largest absolute Gasteiger partial charge is 0.462 e. The molecule has 0 atom stereocenters. The highest BCUT2D eigenvalue weighted by molar-refractivity contribution is 5.91. The molecule has 1 aromatic carbocycles. The predicted molar refractivity (Wildman–Crippen MR) is 83.3 cm³/mol. The fourth-order valence-electron chi connectivity index (χ4n) is 2.15. The van der Waals surface area contributed by atoms with Crippen molar-refractivity contribution in [3.8, 4) is 0 Å². The first-order valence-corrected chi connectivity index (χ1v) is 7.00. The number of nitrogens with zero attached hydrogens (tertiary/aromatic N) is 1. The Balaban J connectivity index is 2.32. The molecule has 1 aromatic heterocycles. The highest BCUT2D eigenvalue weighted by atomic mass is 16.5. The minimum Gasteiger partial charge on any atom is -0.462 e. The van der Waals surface area contributed by atoms with Crippen molar-refractivity contribution in [3.63, 3.8) is 0 Å². The average molecular weight is 284 g/mol. The molecule has 4 heteroatoms. The Morgan fingerprint density at radius 3 is 2.52 bits per heavy atom. The van der Waals surface area contributed by atoms with E-state index in [2.05, 4.69) is 29.2 Å².